The lowest BCUT2D eigenvalue weighted by atomic mass is 9.83. The van der Waals surface area contributed by atoms with Crippen LogP contribution in [0.3, 0.4) is 0 Å². The molecule has 1 aromatic heterocycles. The summed E-state index contributed by atoms with van der Waals surface area (Å²) in [5.74, 6) is 0.796. The number of piperidine rings is 3. The number of benzene rings is 5. The number of carbonyl (C=O) groups excluding carboxylic acids is 3. The standard InChI is InChI=1S/C52H55N5O8/c58-44-22-20-42(43-21-23-48(61)55-50(43)44)45(59)31-53-26-7-8-27-54-51(62)39-18-16-35(17-19-39)34-64-41-15-9-14-40(30-41)49(38-12-5-2-6-13-38)56-52(63)65-47-33-57(28-24-37(47)25-29-57)32-46(60)36-10-3-1-4-11-36/h1-6,9-23,30,37,45,47,49,53,59H,7-8,24-29,31-34H2,(H3-,54,55,56,58,61,62,63)/p+1/t37?,45-,47+,49?,57?/m1/s1. The van der Waals surface area contributed by atoms with E-state index in [2.05, 4.69) is 20.9 Å². The number of aliphatic hydroxyl groups excluding tert-OH is 1. The van der Waals surface area contributed by atoms with E-state index >= 15 is 0 Å². The third kappa shape index (κ3) is 11.3. The Morgan fingerprint density at radius 1 is 0.785 bits per heavy atom. The van der Waals surface area contributed by atoms with Crippen LogP contribution in [0.2, 0.25) is 0 Å². The van der Waals surface area contributed by atoms with Crippen LogP contribution in [-0.4, -0.2) is 89.4 Å². The second-order valence-electron chi connectivity index (χ2n) is 17.2. The first-order chi connectivity index (χ1) is 31.6. The summed E-state index contributed by atoms with van der Waals surface area (Å²) in [4.78, 5) is 54.1. The van der Waals surface area contributed by atoms with E-state index in [9.17, 15) is 29.4 Å². The predicted octanol–water partition coefficient (Wildman–Crippen LogP) is 6.95. The molecule has 2 bridgehead atoms. The number of unbranched alkanes of at least 4 members (excludes halogenated alkanes) is 1. The Kier molecular flexibility index (Phi) is 14.3. The molecule has 0 aliphatic carbocycles. The maximum atomic E-state index is 13.7. The van der Waals surface area contributed by atoms with Gasteiger partial charge in [-0.1, -0.05) is 91.0 Å². The Morgan fingerprint density at radius 3 is 2.28 bits per heavy atom. The van der Waals surface area contributed by atoms with Gasteiger partial charge in [0, 0.05) is 54.4 Å². The van der Waals surface area contributed by atoms with Gasteiger partial charge in [0.2, 0.25) is 11.3 Å². The van der Waals surface area contributed by atoms with Crippen molar-refractivity contribution < 1.29 is 38.6 Å². The van der Waals surface area contributed by atoms with Gasteiger partial charge in [-0.2, -0.15) is 0 Å². The molecule has 1 unspecified atom stereocenters. The van der Waals surface area contributed by atoms with Crippen molar-refractivity contribution in [1.29, 1.82) is 0 Å². The summed E-state index contributed by atoms with van der Waals surface area (Å²) in [7, 11) is 0. The third-order valence-corrected chi connectivity index (χ3v) is 12.8. The van der Waals surface area contributed by atoms with Crippen LogP contribution < -0.4 is 26.2 Å². The van der Waals surface area contributed by atoms with Gasteiger partial charge in [0.1, 0.15) is 31.2 Å². The van der Waals surface area contributed by atoms with E-state index < -0.39 is 18.2 Å². The monoisotopic (exact) mass is 878 g/mol. The highest BCUT2D eigenvalue weighted by atomic mass is 16.6. The summed E-state index contributed by atoms with van der Waals surface area (Å²) in [6.07, 6.45) is 1.75. The fraction of sp³-hybridized carbons (Fsp3) is 0.308. The maximum absolute atomic E-state index is 13.7. The van der Waals surface area contributed by atoms with Gasteiger partial charge in [-0.15, -0.1) is 0 Å². The first-order valence-corrected chi connectivity index (χ1v) is 22.4. The number of aliphatic hydroxyl groups is 1. The zero-order valence-corrected chi connectivity index (χ0v) is 36.3. The number of rotatable bonds is 19. The Morgan fingerprint density at radius 2 is 1.51 bits per heavy atom. The highest BCUT2D eigenvalue weighted by Crippen LogP contribution is 2.36. The molecule has 0 saturated carbocycles. The highest BCUT2D eigenvalue weighted by Gasteiger charge is 2.48. The number of aromatic hydroxyl groups is 1. The van der Waals surface area contributed by atoms with Crippen LogP contribution in [-0.2, 0) is 11.3 Å². The van der Waals surface area contributed by atoms with Gasteiger partial charge in [-0.05, 0) is 78.0 Å². The van der Waals surface area contributed by atoms with E-state index in [1.54, 1.807) is 24.3 Å². The number of phenolic OH excluding ortho intramolecular Hbond substituents is 1. The zero-order chi connectivity index (χ0) is 45.2. The molecule has 3 saturated heterocycles. The van der Waals surface area contributed by atoms with Gasteiger partial charge in [0.05, 0.1) is 30.8 Å². The van der Waals surface area contributed by atoms with Crippen LogP contribution in [0.1, 0.15) is 80.8 Å². The number of hydrogen-bond donors (Lipinski definition) is 6. The second-order valence-corrected chi connectivity index (χ2v) is 17.2. The summed E-state index contributed by atoms with van der Waals surface area (Å²) in [6.45, 7) is 4.55. The Bertz CT molecular complexity index is 2630. The van der Waals surface area contributed by atoms with Crippen LogP contribution in [0.15, 0.2) is 138 Å². The average molecular weight is 879 g/mol. The number of fused-ring (bicyclic) bond motifs is 4. The quantitative estimate of drug-likeness (QED) is 0.0285. The van der Waals surface area contributed by atoms with E-state index in [1.807, 2.05) is 97.1 Å². The first-order valence-electron chi connectivity index (χ1n) is 22.4. The first kappa shape index (κ1) is 44.8. The fourth-order valence-electron chi connectivity index (χ4n) is 9.17. The molecule has 3 fully saturated rings. The molecule has 336 valence electrons. The van der Waals surface area contributed by atoms with Gasteiger partial charge < -0.3 is 45.1 Å². The van der Waals surface area contributed by atoms with Crippen molar-refractivity contribution in [3.05, 3.63) is 177 Å². The van der Waals surface area contributed by atoms with Gasteiger partial charge in [0.25, 0.3) is 5.91 Å². The summed E-state index contributed by atoms with van der Waals surface area (Å²) in [5, 5.41) is 30.8. The van der Waals surface area contributed by atoms with E-state index in [0.29, 0.717) is 64.0 Å². The molecular weight excluding hydrogens is 823 g/mol. The van der Waals surface area contributed by atoms with E-state index in [1.165, 1.54) is 12.1 Å². The molecule has 0 spiro atoms. The average Bonchev–Trinajstić information content (AvgIpc) is 3.33. The smallest absolute Gasteiger partial charge is 0.408 e. The van der Waals surface area contributed by atoms with Crippen molar-refractivity contribution >= 4 is 28.7 Å². The van der Waals surface area contributed by atoms with Crippen LogP contribution in [0.25, 0.3) is 10.9 Å². The minimum absolute atomic E-state index is 0.0532. The lowest BCUT2D eigenvalue weighted by Crippen LogP contribution is -2.66. The van der Waals surface area contributed by atoms with Crippen molar-refractivity contribution in [2.24, 2.45) is 5.92 Å². The predicted molar refractivity (Wildman–Crippen MR) is 248 cm³/mol. The van der Waals surface area contributed by atoms with Crippen molar-refractivity contribution in [2.75, 3.05) is 45.8 Å². The number of alkyl carbamates (subject to hydrolysis) is 1. The summed E-state index contributed by atoms with van der Waals surface area (Å²) < 4.78 is 13.0. The minimum Gasteiger partial charge on any atom is -0.506 e. The number of phenols is 1. The number of hydrogen-bond acceptors (Lipinski definition) is 9. The topological polar surface area (TPSA) is 179 Å². The number of carbonyl (C=O) groups is 3. The molecule has 2 amide bonds. The van der Waals surface area contributed by atoms with Crippen LogP contribution in [0, 0.1) is 5.92 Å². The maximum Gasteiger partial charge on any atom is 0.408 e. The molecule has 13 nitrogen and oxygen atoms in total. The van der Waals surface area contributed by atoms with Crippen LogP contribution >= 0.6 is 0 Å². The molecule has 0 radical (unpaired) electrons. The molecule has 3 aliphatic heterocycles. The van der Waals surface area contributed by atoms with Gasteiger partial charge >= 0.3 is 6.09 Å². The molecule has 3 aliphatic rings. The van der Waals surface area contributed by atoms with Crippen molar-refractivity contribution in [2.45, 2.75) is 50.5 Å². The Hall–Kier alpha value is -6.80. The number of aromatic nitrogens is 1. The second kappa shape index (κ2) is 20.8. The molecule has 65 heavy (non-hydrogen) atoms. The van der Waals surface area contributed by atoms with Gasteiger partial charge in [0.15, 0.2) is 6.10 Å². The fourth-order valence-corrected chi connectivity index (χ4v) is 9.17. The van der Waals surface area contributed by atoms with E-state index in [4.69, 9.17) is 9.47 Å². The highest BCUT2D eigenvalue weighted by molar-refractivity contribution is 5.97. The largest absolute Gasteiger partial charge is 0.506 e. The molecule has 6 N–H and O–H groups in total. The lowest BCUT2D eigenvalue weighted by molar-refractivity contribution is -0.938. The van der Waals surface area contributed by atoms with E-state index in [-0.39, 0.29) is 48.2 Å². The number of quaternary nitrogens is 1. The number of aromatic amines is 1. The molecular formula is C52H56N5O8+. The number of pyridine rings is 1. The zero-order valence-electron chi connectivity index (χ0n) is 36.3. The third-order valence-electron chi connectivity index (χ3n) is 12.8. The number of amides is 2. The molecule has 5 aromatic carbocycles. The Balaban J connectivity index is 0.790. The number of ether oxygens (including phenoxy) is 2. The number of nitrogens with zero attached hydrogens (tertiary/aromatic N) is 1. The number of Topliss-reactive ketones (excluding diaryl/α,β-unsaturated/α-hetero) is 1. The van der Waals surface area contributed by atoms with Crippen molar-refractivity contribution in [1.82, 2.24) is 20.9 Å². The van der Waals surface area contributed by atoms with Crippen LogP contribution in [0.4, 0.5) is 4.79 Å². The SMILES string of the molecule is O=C(NC(c1ccccc1)c1cccc(OCc2ccc(C(=O)NCCCCNC[C@@H](O)c3ccc(O)c4[nH]c(=O)ccc34)cc2)c1)O[C@H]1C[N+]2(CC(=O)c3ccccc3)CCC1CC2. The Labute approximate surface area is 378 Å². The summed E-state index contributed by atoms with van der Waals surface area (Å²) in [6, 6.07) is 39.7. The summed E-state index contributed by atoms with van der Waals surface area (Å²) >= 11 is 0. The molecule has 4 heterocycles. The number of nitrogens with one attached hydrogen (secondary N) is 4. The number of H-pyrrole nitrogens is 1. The van der Waals surface area contributed by atoms with Crippen LogP contribution in [0.5, 0.6) is 11.5 Å². The number of ketones is 1. The minimum atomic E-state index is -0.837. The molecule has 3 atom stereocenters. The normalized spacial score (nSPS) is 18.7. The summed E-state index contributed by atoms with van der Waals surface area (Å²) in [5.41, 5.74) is 4.44. The van der Waals surface area contributed by atoms with E-state index in [0.717, 1.165) is 55.5 Å². The van der Waals surface area contributed by atoms with Gasteiger partial charge in [-0.3, -0.25) is 14.4 Å². The molecule has 13 heteroatoms. The van der Waals surface area contributed by atoms with Crippen molar-refractivity contribution in [3.63, 3.8) is 0 Å². The van der Waals surface area contributed by atoms with Crippen molar-refractivity contribution in [3.8, 4) is 11.5 Å². The molecule has 9 rings (SSSR count). The van der Waals surface area contributed by atoms with Gasteiger partial charge in [-0.25, -0.2) is 4.79 Å². The lowest BCUT2D eigenvalue weighted by Gasteiger charge is -2.51. The molecule has 6 aromatic rings.